The van der Waals surface area contributed by atoms with E-state index < -0.39 is 11.6 Å². The Morgan fingerprint density at radius 3 is 2.12 bits per heavy atom. The fourth-order valence-corrected chi connectivity index (χ4v) is 1.54. The molecule has 0 saturated carbocycles. The highest BCUT2D eigenvalue weighted by Crippen LogP contribution is 2.09. The molecule has 0 heterocycles. The number of carbonyl (C=O) groups is 2. The van der Waals surface area contributed by atoms with Gasteiger partial charge in [0.15, 0.2) is 0 Å². The first-order valence-corrected chi connectivity index (χ1v) is 8.40. The molecule has 0 aromatic heterocycles. The lowest BCUT2D eigenvalue weighted by atomic mass is 10.2. The Hall–Kier alpha value is -1.88. The Kier molecular flexibility index (Phi) is 11.5. The van der Waals surface area contributed by atoms with E-state index in [1.807, 2.05) is 33.8 Å². The summed E-state index contributed by atoms with van der Waals surface area (Å²) in [5.74, 6) is -0.531. The fourth-order valence-electron chi connectivity index (χ4n) is 1.54. The van der Waals surface area contributed by atoms with Crippen LogP contribution >= 0.6 is 0 Å². The Labute approximate surface area is 145 Å². The van der Waals surface area contributed by atoms with Gasteiger partial charge in [0, 0.05) is 6.42 Å². The number of unbranched alkanes of at least 4 members (excludes halogenated alkanes) is 2. The van der Waals surface area contributed by atoms with Gasteiger partial charge in [-0.2, -0.15) is 4.89 Å². The zero-order valence-corrected chi connectivity index (χ0v) is 15.5. The number of benzene rings is 1. The monoisotopic (exact) mass is 338 g/mol. The molecule has 5 nitrogen and oxygen atoms in total. The zero-order valence-electron chi connectivity index (χ0n) is 15.5. The van der Waals surface area contributed by atoms with Crippen molar-refractivity contribution in [3.63, 3.8) is 0 Å². The Balaban J connectivity index is 0.000000470. The number of hydrogen-bond donors (Lipinski definition) is 0. The molecule has 0 N–H and O–H groups in total. The van der Waals surface area contributed by atoms with Crippen molar-refractivity contribution in [1.82, 2.24) is 0 Å². The van der Waals surface area contributed by atoms with E-state index >= 15 is 0 Å². The maximum absolute atomic E-state index is 11.3. The van der Waals surface area contributed by atoms with Crippen LogP contribution in [0.1, 0.15) is 70.7 Å². The van der Waals surface area contributed by atoms with Crippen LogP contribution in [-0.4, -0.2) is 24.1 Å². The number of rotatable bonds is 7. The molecular weight excluding hydrogens is 308 g/mol. The van der Waals surface area contributed by atoms with E-state index in [1.165, 1.54) is 0 Å². The Morgan fingerprint density at radius 1 is 1.00 bits per heavy atom. The molecule has 0 unspecified atom stereocenters. The third-order valence-electron chi connectivity index (χ3n) is 2.67. The van der Waals surface area contributed by atoms with Crippen LogP contribution < -0.4 is 0 Å². The zero-order chi connectivity index (χ0) is 18.4. The lowest BCUT2D eigenvalue weighted by Crippen LogP contribution is -2.21. The quantitative estimate of drug-likeness (QED) is 0.312. The topological polar surface area (TPSA) is 61.8 Å². The molecule has 0 atom stereocenters. The third kappa shape index (κ3) is 12.6. The predicted octanol–water partition coefficient (Wildman–Crippen LogP) is 4.70. The smallest absolute Gasteiger partial charge is 0.373 e. The van der Waals surface area contributed by atoms with Crippen molar-refractivity contribution in [3.8, 4) is 0 Å². The molecule has 136 valence electrons. The normalized spacial score (nSPS) is 10.4. The van der Waals surface area contributed by atoms with E-state index in [9.17, 15) is 9.59 Å². The standard InChI is InChI=1S/C11H14O3.C8H16O2/c1-11(2,3)14-13-10(12)9-7-5-4-6-8-9;1-3-5-6-7-8(9)10-4-2/h4-8H,1-3H3;3-7H2,1-2H3. The van der Waals surface area contributed by atoms with Crippen molar-refractivity contribution in [2.75, 3.05) is 6.61 Å². The third-order valence-corrected chi connectivity index (χ3v) is 2.67. The van der Waals surface area contributed by atoms with Crippen LogP contribution in [0.15, 0.2) is 30.3 Å². The van der Waals surface area contributed by atoms with Gasteiger partial charge in [0.2, 0.25) is 0 Å². The average Bonchev–Trinajstić information content (AvgIpc) is 2.54. The summed E-state index contributed by atoms with van der Waals surface area (Å²) in [6.45, 7) is 9.88. The fraction of sp³-hybridized carbons (Fsp3) is 0.579. The van der Waals surface area contributed by atoms with E-state index in [-0.39, 0.29) is 5.97 Å². The maximum atomic E-state index is 11.3. The summed E-state index contributed by atoms with van der Waals surface area (Å²) in [7, 11) is 0. The number of carbonyl (C=O) groups excluding carboxylic acids is 2. The van der Waals surface area contributed by atoms with Crippen molar-refractivity contribution in [2.24, 2.45) is 0 Å². The summed E-state index contributed by atoms with van der Waals surface area (Å²) >= 11 is 0. The number of esters is 1. The Bertz CT molecular complexity index is 462. The second-order valence-corrected chi connectivity index (χ2v) is 6.19. The minimum Gasteiger partial charge on any atom is -0.466 e. The highest BCUT2D eigenvalue weighted by Gasteiger charge is 2.16. The molecular formula is C19H30O5. The summed E-state index contributed by atoms with van der Waals surface area (Å²) in [6.07, 6.45) is 3.83. The SMILES string of the molecule is CC(C)(C)OOC(=O)c1ccccc1.CCCCCC(=O)OCC. The second kappa shape index (κ2) is 12.5. The molecule has 1 aromatic carbocycles. The average molecular weight is 338 g/mol. The molecule has 0 amide bonds. The van der Waals surface area contributed by atoms with E-state index in [4.69, 9.17) is 9.62 Å². The molecule has 0 aliphatic carbocycles. The van der Waals surface area contributed by atoms with Gasteiger partial charge in [0.05, 0.1) is 12.2 Å². The number of hydrogen-bond acceptors (Lipinski definition) is 5. The molecule has 0 fully saturated rings. The van der Waals surface area contributed by atoms with Crippen molar-refractivity contribution in [3.05, 3.63) is 35.9 Å². The maximum Gasteiger partial charge on any atom is 0.373 e. The number of ether oxygens (including phenoxy) is 1. The molecule has 0 spiro atoms. The molecule has 24 heavy (non-hydrogen) atoms. The summed E-state index contributed by atoms with van der Waals surface area (Å²) in [6, 6.07) is 8.73. The predicted molar refractivity (Wildman–Crippen MR) is 93.5 cm³/mol. The highest BCUT2D eigenvalue weighted by atomic mass is 17.2. The van der Waals surface area contributed by atoms with Gasteiger partial charge < -0.3 is 4.74 Å². The van der Waals surface area contributed by atoms with E-state index in [0.717, 1.165) is 19.3 Å². The second-order valence-electron chi connectivity index (χ2n) is 6.19. The summed E-state index contributed by atoms with van der Waals surface area (Å²) in [5, 5.41) is 0. The lowest BCUT2D eigenvalue weighted by molar-refractivity contribution is -0.301. The van der Waals surface area contributed by atoms with Crippen LogP contribution in [0.4, 0.5) is 0 Å². The van der Waals surface area contributed by atoms with E-state index in [0.29, 0.717) is 18.6 Å². The van der Waals surface area contributed by atoms with Crippen molar-refractivity contribution < 1.29 is 24.1 Å². The minimum atomic E-state index is -0.482. The van der Waals surface area contributed by atoms with Crippen LogP contribution in [0.2, 0.25) is 0 Å². The van der Waals surface area contributed by atoms with Crippen molar-refractivity contribution in [1.29, 1.82) is 0 Å². The van der Waals surface area contributed by atoms with Gasteiger partial charge in [0.25, 0.3) is 0 Å². The molecule has 0 aliphatic rings. The molecule has 0 saturated heterocycles. The lowest BCUT2D eigenvalue weighted by Gasteiger charge is -2.16. The first-order valence-electron chi connectivity index (χ1n) is 8.40. The van der Waals surface area contributed by atoms with Gasteiger partial charge in [-0.3, -0.25) is 9.68 Å². The molecule has 0 radical (unpaired) electrons. The summed E-state index contributed by atoms with van der Waals surface area (Å²) in [5.41, 5.74) is 0.00140. The highest BCUT2D eigenvalue weighted by molar-refractivity contribution is 5.88. The summed E-state index contributed by atoms with van der Waals surface area (Å²) in [4.78, 5) is 31.6. The van der Waals surface area contributed by atoms with Gasteiger partial charge in [-0.25, -0.2) is 4.79 Å². The van der Waals surface area contributed by atoms with Gasteiger partial charge in [-0.1, -0.05) is 38.0 Å². The summed E-state index contributed by atoms with van der Waals surface area (Å²) < 4.78 is 4.75. The van der Waals surface area contributed by atoms with Crippen LogP contribution in [0.25, 0.3) is 0 Å². The minimum absolute atomic E-state index is 0.0593. The van der Waals surface area contributed by atoms with E-state index in [1.54, 1.807) is 24.3 Å². The van der Waals surface area contributed by atoms with Crippen LogP contribution in [-0.2, 0) is 19.3 Å². The van der Waals surface area contributed by atoms with Gasteiger partial charge in [-0.15, -0.1) is 0 Å². The Morgan fingerprint density at radius 2 is 1.62 bits per heavy atom. The molecule has 0 aliphatic heterocycles. The van der Waals surface area contributed by atoms with Crippen molar-refractivity contribution in [2.45, 2.75) is 65.9 Å². The molecule has 1 rings (SSSR count). The van der Waals surface area contributed by atoms with E-state index in [2.05, 4.69) is 11.8 Å². The first kappa shape index (κ1) is 22.1. The molecule has 5 heteroatoms. The first-order chi connectivity index (χ1) is 11.3. The van der Waals surface area contributed by atoms with Crippen LogP contribution in [0.3, 0.4) is 0 Å². The van der Waals surface area contributed by atoms with Gasteiger partial charge >= 0.3 is 11.9 Å². The largest absolute Gasteiger partial charge is 0.466 e. The van der Waals surface area contributed by atoms with Gasteiger partial charge in [-0.05, 0) is 46.2 Å². The van der Waals surface area contributed by atoms with Crippen LogP contribution in [0.5, 0.6) is 0 Å². The van der Waals surface area contributed by atoms with Gasteiger partial charge in [0.1, 0.15) is 5.60 Å². The van der Waals surface area contributed by atoms with Crippen molar-refractivity contribution >= 4 is 11.9 Å². The van der Waals surface area contributed by atoms with Crippen LogP contribution in [0, 0.1) is 0 Å². The molecule has 1 aromatic rings. The molecule has 0 bridgehead atoms.